The minimum atomic E-state index is 0.194. The Morgan fingerprint density at radius 3 is 2.10 bits per heavy atom. The molecule has 156 valence electrons. The van der Waals surface area contributed by atoms with Gasteiger partial charge in [0.1, 0.15) is 12.5 Å². The number of aliphatic imine (C=N–C) groups is 1. The number of rotatable bonds is 9. The topological polar surface area (TPSA) is 60.1 Å². The van der Waals surface area contributed by atoms with Crippen molar-refractivity contribution in [3.63, 3.8) is 0 Å². The summed E-state index contributed by atoms with van der Waals surface area (Å²) in [5.41, 5.74) is 9.33. The molecule has 1 aliphatic carbocycles. The Kier molecular flexibility index (Phi) is 6.62. The molecule has 0 spiro atoms. The predicted molar refractivity (Wildman–Crippen MR) is 120 cm³/mol. The highest BCUT2D eigenvalue weighted by atomic mass is 16.5. The Bertz CT molecular complexity index is 895. The Balaban J connectivity index is 1.36. The number of nitrogens with zero attached hydrogens (tertiary/aromatic N) is 2. The number of hydrogen-bond acceptors (Lipinski definition) is 5. The maximum atomic E-state index is 6.10. The summed E-state index contributed by atoms with van der Waals surface area (Å²) in [5, 5.41) is 0. The lowest BCUT2D eigenvalue weighted by molar-refractivity contribution is -0.0303. The summed E-state index contributed by atoms with van der Waals surface area (Å²) in [6.07, 6.45) is 3.86. The van der Waals surface area contributed by atoms with Crippen LogP contribution in [0, 0.1) is 11.8 Å². The zero-order valence-corrected chi connectivity index (χ0v) is 17.2. The first-order valence-corrected chi connectivity index (χ1v) is 10.4. The van der Waals surface area contributed by atoms with Crippen LogP contribution in [-0.4, -0.2) is 36.7 Å². The molecule has 5 nitrogen and oxygen atoms in total. The monoisotopic (exact) mass is 403 g/mol. The van der Waals surface area contributed by atoms with Crippen LogP contribution in [0.15, 0.2) is 90.1 Å². The van der Waals surface area contributed by atoms with Gasteiger partial charge in [-0.2, -0.15) is 0 Å². The minimum absolute atomic E-state index is 0.194. The maximum Gasteiger partial charge on any atom is 0.121 e. The SMILES string of the molecule is C=C1[C@@H](N2C=CC(N)=NC2)[C@H](COCc2ccccc2)[C@H]1COCc1ccccc1. The molecule has 0 amide bonds. The highest BCUT2D eigenvalue weighted by molar-refractivity contribution is 5.91. The Morgan fingerprint density at radius 2 is 1.53 bits per heavy atom. The zero-order valence-electron chi connectivity index (χ0n) is 17.2. The highest BCUT2D eigenvalue weighted by Gasteiger charge is 2.47. The summed E-state index contributed by atoms with van der Waals surface area (Å²) < 4.78 is 12.1. The molecule has 1 fully saturated rings. The number of amidine groups is 1. The third kappa shape index (κ3) is 4.81. The first-order chi connectivity index (χ1) is 14.7. The van der Waals surface area contributed by atoms with E-state index in [0.717, 1.165) is 0 Å². The smallest absolute Gasteiger partial charge is 0.121 e. The Hall–Kier alpha value is -2.89. The van der Waals surface area contributed by atoms with Gasteiger partial charge in [-0.05, 0) is 22.8 Å². The summed E-state index contributed by atoms with van der Waals surface area (Å²) in [6, 6.07) is 20.7. The van der Waals surface area contributed by atoms with Gasteiger partial charge in [-0.15, -0.1) is 0 Å². The molecule has 2 aliphatic rings. The molecule has 2 aromatic rings. The lowest BCUT2D eigenvalue weighted by atomic mass is 9.65. The van der Waals surface area contributed by atoms with Crippen molar-refractivity contribution >= 4 is 5.84 Å². The van der Waals surface area contributed by atoms with Crippen LogP contribution >= 0.6 is 0 Å². The predicted octanol–water partition coefficient (Wildman–Crippen LogP) is 3.73. The number of benzene rings is 2. The molecular formula is C25H29N3O2. The fourth-order valence-corrected chi connectivity index (χ4v) is 4.15. The van der Waals surface area contributed by atoms with E-state index in [4.69, 9.17) is 15.2 Å². The van der Waals surface area contributed by atoms with Crippen LogP contribution in [0.2, 0.25) is 0 Å². The fraction of sp³-hybridized carbons (Fsp3) is 0.320. The van der Waals surface area contributed by atoms with Crippen molar-refractivity contribution in [2.24, 2.45) is 22.6 Å². The third-order valence-corrected chi connectivity index (χ3v) is 5.82. The molecule has 2 aromatic carbocycles. The maximum absolute atomic E-state index is 6.10. The van der Waals surface area contributed by atoms with Gasteiger partial charge in [-0.1, -0.05) is 67.2 Å². The second kappa shape index (κ2) is 9.74. The van der Waals surface area contributed by atoms with Crippen molar-refractivity contribution in [2.75, 3.05) is 19.9 Å². The Morgan fingerprint density at radius 1 is 0.933 bits per heavy atom. The van der Waals surface area contributed by atoms with Gasteiger partial charge in [-0.25, -0.2) is 4.99 Å². The van der Waals surface area contributed by atoms with Crippen molar-refractivity contribution in [3.8, 4) is 0 Å². The average Bonchev–Trinajstić information content (AvgIpc) is 2.79. The van der Waals surface area contributed by atoms with Crippen molar-refractivity contribution < 1.29 is 9.47 Å². The van der Waals surface area contributed by atoms with Crippen molar-refractivity contribution in [1.82, 2.24) is 4.90 Å². The number of ether oxygens (including phenoxy) is 2. The van der Waals surface area contributed by atoms with Crippen LogP contribution in [0.4, 0.5) is 0 Å². The normalized spacial score (nSPS) is 23.2. The van der Waals surface area contributed by atoms with Gasteiger partial charge in [0, 0.05) is 18.0 Å². The van der Waals surface area contributed by atoms with Crippen molar-refractivity contribution in [1.29, 1.82) is 0 Å². The highest BCUT2D eigenvalue weighted by Crippen LogP contribution is 2.43. The van der Waals surface area contributed by atoms with Gasteiger partial charge >= 0.3 is 0 Å². The van der Waals surface area contributed by atoms with E-state index in [1.54, 1.807) is 0 Å². The van der Waals surface area contributed by atoms with E-state index >= 15 is 0 Å². The molecule has 2 N–H and O–H groups in total. The lowest BCUT2D eigenvalue weighted by Gasteiger charge is -2.51. The second-order valence-corrected chi connectivity index (χ2v) is 7.85. The van der Waals surface area contributed by atoms with Crippen LogP contribution in [0.3, 0.4) is 0 Å². The molecule has 0 unspecified atom stereocenters. The summed E-state index contributed by atoms with van der Waals surface area (Å²) >= 11 is 0. The molecule has 0 saturated heterocycles. The summed E-state index contributed by atoms with van der Waals surface area (Å²) in [6.45, 7) is 7.44. The van der Waals surface area contributed by atoms with Gasteiger partial charge < -0.3 is 20.1 Å². The molecule has 4 rings (SSSR count). The van der Waals surface area contributed by atoms with Gasteiger partial charge in [0.15, 0.2) is 0 Å². The van der Waals surface area contributed by atoms with E-state index in [1.165, 1.54) is 16.7 Å². The van der Waals surface area contributed by atoms with Gasteiger partial charge in [0.05, 0.1) is 32.5 Å². The second-order valence-electron chi connectivity index (χ2n) is 7.85. The molecule has 0 bridgehead atoms. The number of nitrogens with two attached hydrogens (primary N) is 1. The van der Waals surface area contributed by atoms with Crippen molar-refractivity contribution in [2.45, 2.75) is 19.3 Å². The van der Waals surface area contributed by atoms with Gasteiger partial charge in [-0.3, -0.25) is 0 Å². The Labute approximate surface area is 178 Å². The van der Waals surface area contributed by atoms with E-state index < -0.39 is 0 Å². The fourth-order valence-electron chi connectivity index (χ4n) is 4.15. The summed E-state index contributed by atoms with van der Waals surface area (Å²) in [5.74, 6) is 1.14. The van der Waals surface area contributed by atoms with Crippen LogP contribution in [0.1, 0.15) is 11.1 Å². The molecule has 3 atom stereocenters. The molecule has 1 heterocycles. The molecule has 1 saturated carbocycles. The van der Waals surface area contributed by atoms with Gasteiger partial charge in [0.2, 0.25) is 0 Å². The molecule has 5 heteroatoms. The van der Waals surface area contributed by atoms with Crippen LogP contribution in [0.25, 0.3) is 0 Å². The van der Waals surface area contributed by atoms with E-state index in [9.17, 15) is 0 Å². The van der Waals surface area contributed by atoms with Crippen LogP contribution in [0.5, 0.6) is 0 Å². The molecule has 0 aromatic heterocycles. The third-order valence-electron chi connectivity index (χ3n) is 5.82. The number of hydrogen-bond donors (Lipinski definition) is 1. The molecule has 1 aliphatic heterocycles. The standard InChI is InChI=1S/C25H29N3O2/c1-19-22(16-29-14-20-8-4-2-5-9-20)23(17-30-15-21-10-6-3-7-11-21)25(19)28-13-12-24(26)27-18-28/h2-13,22-23,25H,1,14-18H2,(H2,26,27)/t22-,23+,25+/m0/s1. The summed E-state index contributed by atoms with van der Waals surface area (Å²) in [4.78, 5) is 6.56. The average molecular weight is 404 g/mol. The first kappa shape index (κ1) is 20.4. The van der Waals surface area contributed by atoms with Crippen LogP contribution < -0.4 is 5.73 Å². The molecular weight excluding hydrogens is 374 g/mol. The van der Waals surface area contributed by atoms with E-state index in [-0.39, 0.29) is 12.0 Å². The lowest BCUT2D eigenvalue weighted by Crippen LogP contribution is -2.56. The van der Waals surface area contributed by atoms with E-state index in [1.807, 2.05) is 48.7 Å². The van der Waals surface area contributed by atoms with Gasteiger partial charge in [0.25, 0.3) is 0 Å². The van der Waals surface area contributed by atoms with Crippen molar-refractivity contribution in [3.05, 3.63) is 96.2 Å². The molecule has 30 heavy (non-hydrogen) atoms. The quantitative estimate of drug-likeness (QED) is 0.648. The van der Waals surface area contributed by atoms with E-state index in [0.29, 0.717) is 44.8 Å². The van der Waals surface area contributed by atoms with Crippen LogP contribution in [-0.2, 0) is 22.7 Å². The van der Waals surface area contributed by atoms with E-state index in [2.05, 4.69) is 40.7 Å². The zero-order chi connectivity index (χ0) is 20.8. The largest absolute Gasteiger partial charge is 0.384 e. The summed E-state index contributed by atoms with van der Waals surface area (Å²) in [7, 11) is 0. The minimum Gasteiger partial charge on any atom is -0.384 e. The first-order valence-electron chi connectivity index (χ1n) is 10.4. The molecule has 0 radical (unpaired) electrons.